The summed E-state index contributed by atoms with van der Waals surface area (Å²) in [7, 11) is 0. The molecule has 0 radical (unpaired) electrons. The molecule has 0 saturated carbocycles. The lowest BCUT2D eigenvalue weighted by Gasteiger charge is -2.07. The number of amides is 1. The number of nitrogens with one attached hydrogen (secondary N) is 3. The molecule has 8 heteroatoms. The van der Waals surface area contributed by atoms with Crippen molar-refractivity contribution in [2.45, 2.75) is 13.5 Å². The Hall–Kier alpha value is -2.03. The summed E-state index contributed by atoms with van der Waals surface area (Å²) in [5, 5.41) is 10.1. The highest BCUT2D eigenvalue weighted by Gasteiger charge is 2.06. The minimum atomic E-state index is -0.0138. The van der Waals surface area contributed by atoms with Gasteiger partial charge < -0.3 is 16.0 Å². The number of hydrogen-bond acceptors (Lipinski definition) is 6. The van der Waals surface area contributed by atoms with Gasteiger partial charge in [-0.1, -0.05) is 27.3 Å². The summed E-state index contributed by atoms with van der Waals surface area (Å²) in [5.74, 6) is 0.749. The molecule has 25 heavy (non-hydrogen) atoms. The predicted molar refractivity (Wildman–Crippen MR) is 105 cm³/mol. The monoisotopic (exact) mass is 419 g/mol. The zero-order chi connectivity index (χ0) is 17.6. The highest BCUT2D eigenvalue weighted by molar-refractivity contribution is 9.10. The molecule has 0 aliphatic rings. The fourth-order valence-corrected chi connectivity index (χ4v) is 3.70. The number of halogens is 1. The maximum absolute atomic E-state index is 10.8. The second kappa shape index (κ2) is 8.37. The molecule has 3 rings (SSSR count). The van der Waals surface area contributed by atoms with Gasteiger partial charge in [0.25, 0.3) is 0 Å². The molecule has 130 valence electrons. The number of benzene rings is 1. The van der Waals surface area contributed by atoms with Crippen LogP contribution in [0.3, 0.4) is 0 Å². The van der Waals surface area contributed by atoms with Gasteiger partial charge in [0.2, 0.25) is 5.91 Å². The van der Waals surface area contributed by atoms with E-state index in [0.29, 0.717) is 13.1 Å². The Bertz CT molecular complexity index is 882. The molecule has 2 aromatic heterocycles. The fraction of sp³-hybridized carbons (Fsp3) is 0.235. The van der Waals surface area contributed by atoms with Gasteiger partial charge in [0.15, 0.2) is 5.13 Å². The van der Waals surface area contributed by atoms with E-state index >= 15 is 0 Å². The van der Waals surface area contributed by atoms with Crippen molar-refractivity contribution in [1.29, 1.82) is 0 Å². The van der Waals surface area contributed by atoms with Gasteiger partial charge in [-0.25, -0.2) is 9.97 Å². The van der Waals surface area contributed by atoms with E-state index in [0.717, 1.165) is 37.7 Å². The van der Waals surface area contributed by atoms with E-state index in [9.17, 15) is 4.79 Å². The van der Waals surface area contributed by atoms with Gasteiger partial charge in [-0.05, 0) is 35.9 Å². The van der Waals surface area contributed by atoms with Crippen molar-refractivity contribution >= 4 is 54.3 Å². The molecule has 3 aromatic rings. The Morgan fingerprint density at radius 3 is 2.96 bits per heavy atom. The Morgan fingerprint density at radius 2 is 2.12 bits per heavy atom. The third-order valence-corrected chi connectivity index (χ3v) is 4.84. The molecule has 1 amide bonds. The van der Waals surface area contributed by atoms with Crippen molar-refractivity contribution in [3.8, 4) is 0 Å². The van der Waals surface area contributed by atoms with Crippen LogP contribution in [0.1, 0.15) is 12.5 Å². The van der Waals surface area contributed by atoms with Crippen LogP contribution >= 0.6 is 27.3 Å². The number of carbonyl (C=O) groups excluding carboxylic acids is 1. The summed E-state index contributed by atoms with van der Waals surface area (Å²) in [4.78, 5) is 19.7. The van der Waals surface area contributed by atoms with Crippen LogP contribution in [0.5, 0.6) is 0 Å². The van der Waals surface area contributed by atoms with E-state index in [-0.39, 0.29) is 5.91 Å². The second-order valence-electron chi connectivity index (χ2n) is 5.47. The van der Waals surface area contributed by atoms with Gasteiger partial charge in [-0.3, -0.25) is 4.79 Å². The van der Waals surface area contributed by atoms with E-state index < -0.39 is 0 Å². The number of anilines is 2. The fourth-order valence-electron chi connectivity index (χ4n) is 2.27. The Kier molecular flexibility index (Phi) is 5.95. The Morgan fingerprint density at radius 1 is 1.24 bits per heavy atom. The smallest absolute Gasteiger partial charge is 0.216 e. The molecule has 0 aliphatic carbocycles. The number of rotatable bonds is 7. The lowest BCUT2D eigenvalue weighted by atomic mass is 10.2. The summed E-state index contributed by atoms with van der Waals surface area (Å²) in [6.07, 6.45) is 1.77. The average Bonchev–Trinajstić information content (AvgIpc) is 2.96. The molecule has 0 aliphatic heterocycles. The van der Waals surface area contributed by atoms with Crippen molar-refractivity contribution in [1.82, 2.24) is 20.6 Å². The van der Waals surface area contributed by atoms with Crippen LogP contribution in [0.15, 0.2) is 41.0 Å². The summed E-state index contributed by atoms with van der Waals surface area (Å²) < 4.78 is 2.16. The number of nitrogens with zero attached hydrogens (tertiary/aromatic N) is 2. The Balaban J connectivity index is 1.59. The van der Waals surface area contributed by atoms with Crippen LogP contribution in [-0.2, 0) is 11.3 Å². The van der Waals surface area contributed by atoms with Crippen LogP contribution in [0.25, 0.3) is 10.2 Å². The van der Waals surface area contributed by atoms with Gasteiger partial charge in [-0.15, -0.1) is 0 Å². The molecule has 1 aromatic carbocycles. The van der Waals surface area contributed by atoms with Gasteiger partial charge in [0.1, 0.15) is 5.82 Å². The third kappa shape index (κ3) is 5.22. The molecule has 0 fully saturated rings. The number of carbonyl (C=O) groups is 1. The third-order valence-electron chi connectivity index (χ3n) is 3.41. The molecule has 6 nitrogen and oxygen atoms in total. The van der Waals surface area contributed by atoms with Gasteiger partial charge in [0.05, 0.1) is 10.2 Å². The quantitative estimate of drug-likeness (QED) is 0.511. The number of thiazole rings is 1. The highest BCUT2D eigenvalue weighted by atomic mass is 79.9. The number of pyridine rings is 1. The number of hydrogen-bond donors (Lipinski definition) is 3. The first-order valence-electron chi connectivity index (χ1n) is 7.83. The Labute approximate surface area is 158 Å². The summed E-state index contributed by atoms with van der Waals surface area (Å²) in [6, 6.07) is 9.99. The van der Waals surface area contributed by atoms with E-state index in [1.807, 2.05) is 24.3 Å². The highest BCUT2D eigenvalue weighted by Crippen LogP contribution is 2.29. The van der Waals surface area contributed by atoms with Crippen LogP contribution in [0.4, 0.5) is 10.9 Å². The van der Waals surface area contributed by atoms with E-state index in [1.54, 1.807) is 17.5 Å². The molecule has 0 spiro atoms. The van der Waals surface area contributed by atoms with Crippen LogP contribution < -0.4 is 16.0 Å². The molecular formula is C17H18BrN5OS. The summed E-state index contributed by atoms with van der Waals surface area (Å²) in [6.45, 7) is 3.56. The van der Waals surface area contributed by atoms with E-state index in [1.165, 1.54) is 6.92 Å². The lowest BCUT2D eigenvalue weighted by Crippen LogP contribution is -2.29. The van der Waals surface area contributed by atoms with Crippen molar-refractivity contribution in [2.75, 3.05) is 18.4 Å². The molecule has 2 heterocycles. The zero-order valence-corrected chi connectivity index (χ0v) is 16.1. The standard InChI is InChI=1S/C17H18BrN5OS/c1-11(24)20-7-6-19-10-12-4-5-21-16(8-12)23-17-22-14-3-2-13(18)9-15(14)25-17/h2-5,8-9,19H,6-7,10H2,1H3,(H,20,24)(H,21,22,23). The number of aromatic nitrogens is 2. The first-order valence-corrected chi connectivity index (χ1v) is 9.44. The molecule has 0 bridgehead atoms. The average molecular weight is 420 g/mol. The maximum Gasteiger partial charge on any atom is 0.216 e. The van der Waals surface area contributed by atoms with Crippen LogP contribution in [0.2, 0.25) is 0 Å². The molecule has 3 N–H and O–H groups in total. The minimum absolute atomic E-state index is 0.0138. The SMILES string of the molecule is CC(=O)NCCNCc1ccnc(Nc2nc3ccc(Br)cc3s2)c1. The largest absolute Gasteiger partial charge is 0.355 e. The number of fused-ring (bicyclic) bond motifs is 1. The normalized spacial score (nSPS) is 10.8. The van der Waals surface area contributed by atoms with Crippen LogP contribution in [-0.4, -0.2) is 29.0 Å². The first kappa shape index (κ1) is 17.8. The van der Waals surface area contributed by atoms with Crippen molar-refractivity contribution in [2.24, 2.45) is 0 Å². The zero-order valence-electron chi connectivity index (χ0n) is 13.7. The van der Waals surface area contributed by atoms with E-state index in [2.05, 4.69) is 47.9 Å². The minimum Gasteiger partial charge on any atom is -0.355 e. The molecule has 0 saturated heterocycles. The lowest BCUT2D eigenvalue weighted by molar-refractivity contribution is -0.118. The maximum atomic E-state index is 10.8. The molecule has 0 atom stereocenters. The van der Waals surface area contributed by atoms with Crippen LogP contribution in [0, 0.1) is 0 Å². The van der Waals surface area contributed by atoms with Crippen molar-refractivity contribution in [3.05, 3.63) is 46.6 Å². The van der Waals surface area contributed by atoms with Crippen molar-refractivity contribution in [3.63, 3.8) is 0 Å². The summed E-state index contributed by atoms with van der Waals surface area (Å²) >= 11 is 5.07. The summed E-state index contributed by atoms with van der Waals surface area (Å²) in [5.41, 5.74) is 2.08. The van der Waals surface area contributed by atoms with Gasteiger partial charge in [-0.2, -0.15) is 0 Å². The first-order chi connectivity index (χ1) is 12.1. The van der Waals surface area contributed by atoms with Gasteiger partial charge >= 0.3 is 0 Å². The molecule has 0 unspecified atom stereocenters. The van der Waals surface area contributed by atoms with Crippen molar-refractivity contribution < 1.29 is 4.79 Å². The van der Waals surface area contributed by atoms with E-state index in [4.69, 9.17) is 0 Å². The predicted octanol–water partition coefficient (Wildman–Crippen LogP) is 3.42. The van der Waals surface area contributed by atoms with Gasteiger partial charge in [0, 0.05) is 37.2 Å². The topological polar surface area (TPSA) is 78.9 Å². The molecular weight excluding hydrogens is 402 g/mol. The second-order valence-corrected chi connectivity index (χ2v) is 7.41.